The highest BCUT2D eigenvalue weighted by Gasteiger charge is 2.15. The number of aliphatic carboxylic acids is 2. The summed E-state index contributed by atoms with van der Waals surface area (Å²) in [6.45, 7) is 2.63. The minimum absolute atomic E-state index is 0.371. The Kier molecular flexibility index (Phi) is 7.37. The number of benzene rings is 2. The molecule has 0 amide bonds. The number of hydrogen-bond acceptors (Lipinski definition) is 5. The van der Waals surface area contributed by atoms with Crippen LogP contribution in [0.5, 0.6) is 5.75 Å². The number of ether oxygens (including phenoxy) is 2. The van der Waals surface area contributed by atoms with E-state index in [1.54, 1.807) is 7.11 Å². The van der Waals surface area contributed by atoms with Crippen LogP contribution < -0.4 is 10.1 Å². The molecule has 0 spiro atoms. The second kappa shape index (κ2) is 9.74. The van der Waals surface area contributed by atoms with Crippen molar-refractivity contribution in [2.45, 2.75) is 25.5 Å². The highest BCUT2D eigenvalue weighted by atomic mass is 16.5. The summed E-state index contributed by atoms with van der Waals surface area (Å²) >= 11 is 0. The van der Waals surface area contributed by atoms with Gasteiger partial charge in [0.1, 0.15) is 5.75 Å². The molecule has 2 aromatic rings. The number of carboxylic acid groups (broad SMARTS) is 2. The summed E-state index contributed by atoms with van der Waals surface area (Å²) in [6, 6.07) is 12.6. The van der Waals surface area contributed by atoms with Crippen molar-refractivity contribution in [3.63, 3.8) is 0 Å². The molecule has 1 heterocycles. The lowest BCUT2D eigenvalue weighted by Gasteiger charge is -2.15. The third-order valence-electron chi connectivity index (χ3n) is 4.10. The van der Waals surface area contributed by atoms with Crippen molar-refractivity contribution in [3.8, 4) is 5.75 Å². The van der Waals surface area contributed by atoms with E-state index in [1.165, 1.54) is 29.2 Å². The van der Waals surface area contributed by atoms with Gasteiger partial charge in [-0.15, -0.1) is 0 Å². The maximum absolute atomic E-state index is 9.10. The molecule has 26 heavy (non-hydrogen) atoms. The highest BCUT2D eigenvalue weighted by Crippen LogP contribution is 2.27. The summed E-state index contributed by atoms with van der Waals surface area (Å²) in [7, 11) is 1.73. The second-order valence-corrected chi connectivity index (χ2v) is 5.84. The smallest absolute Gasteiger partial charge is 0.414 e. The van der Waals surface area contributed by atoms with Crippen molar-refractivity contribution in [1.29, 1.82) is 0 Å². The van der Waals surface area contributed by atoms with Crippen LogP contribution in [0.4, 0.5) is 0 Å². The van der Waals surface area contributed by atoms with Crippen molar-refractivity contribution in [1.82, 2.24) is 5.32 Å². The van der Waals surface area contributed by atoms with E-state index in [0.717, 1.165) is 25.4 Å². The van der Waals surface area contributed by atoms with Crippen LogP contribution in [0.3, 0.4) is 0 Å². The van der Waals surface area contributed by atoms with Gasteiger partial charge < -0.3 is 25.0 Å². The van der Waals surface area contributed by atoms with Gasteiger partial charge in [-0.1, -0.05) is 30.3 Å². The van der Waals surface area contributed by atoms with E-state index in [-0.39, 0.29) is 0 Å². The topological polar surface area (TPSA) is 105 Å². The fourth-order valence-corrected chi connectivity index (χ4v) is 2.85. The molecule has 3 rings (SSSR count). The molecule has 7 heteroatoms. The van der Waals surface area contributed by atoms with Crippen LogP contribution in [0.1, 0.15) is 18.4 Å². The summed E-state index contributed by atoms with van der Waals surface area (Å²) in [6.07, 6.45) is 2.72. The molecule has 140 valence electrons. The standard InChI is InChI=1S/C17H21NO2.C2H2O4/c1-19-17-9-8-13-5-2-3-7-15(13)16(17)12-18-11-14-6-4-10-20-14;3-1(4)2(5)6/h2-3,5,7-9,14,18H,4,6,10-12H2,1H3;(H,3,4)(H,5,6). The quantitative estimate of drug-likeness (QED) is 0.702. The molecule has 0 aromatic heterocycles. The number of hydrogen-bond donors (Lipinski definition) is 3. The van der Waals surface area contributed by atoms with E-state index in [2.05, 4.69) is 35.6 Å². The first kappa shape index (κ1) is 19.7. The van der Waals surface area contributed by atoms with Gasteiger partial charge in [-0.05, 0) is 29.7 Å². The summed E-state index contributed by atoms with van der Waals surface area (Å²) in [5.74, 6) is -2.70. The first-order valence-corrected chi connectivity index (χ1v) is 8.36. The van der Waals surface area contributed by atoms with Gasteiger partial charge in [-0.3, -0.25) is 0 Å². The van der Waals surface area contributed by atoms with Gasteiger partial charge in [0, 0.05) is 25.3 Å². The molecular weight excluding hydrogens is 338 g/mol. The minimum Gasteiger partial charge on any atom is -0.496 e. The van der Waals surface area contributed by atoms with Crippen molar-refractivity contribution in [2.75, 3.05) is 20.3 Å². The number of carbonyl (C=O) groups is 2. The highest BCUT2D eigenvalue weighted by molar-refractivity contribution is 6.27. The van der Waals surface area contributed by atoms with Gasteiger partial charge in [0.15, 0.2) is 0 Å². The number of rotatable bonds is 5. The van der Waals surface area contributed by atoms with E-state index < -0.39 is 11.9 Å². The molecule has 1 aliphatic heterocycles. The number of carboxylic acids is 2. The molecule has 1 unspecified atom stereocenters. The maximum Gasteiger partial charge on any atom is 0.414 e. The van der Waals surface area contributed by atoms with Crippen LogP contribution >= 0.6 is 0 Å². The van der Waals surface area contributed by atoms with Gasteiger partial charge in [0.05, 0.1) is 13.2 Å². The molecule has 3 N–H and O–H groups in total. The van der Waals surface area contributed by atoms with Gasteiger partial charge in [-0.2, -0.15) is 0 Å². The zero-order valence-electron chi connectivity index (χ0n) is 14.6. The maximum atomic E-state index is 9.10. The summed E-state index contributed by atoms with van der Waals surface area (Å²) in [5, 5.41) is 20.8. The van der Waals surface area contributed by atoms with Crippen molar-refractivity contribution >= 4 is 22.7 Å². The molecule has 0 radical (unpaired) electrons. The molecule has 7 nitrogen and oxygen atoms in total. The van der Waals surface area contributed by atoms with E-state index in [1.807, 2.05) is 6.07 Å². The van der Waals surface area contributed by atoms with Crippen molar-refractivity contribution in [3.05, 3.63) is 42.0 Å². The summed E-state index contributed by atoms with van der Waals surface area (Å²) in [4.78, 5) is 18.2. The Morgan fingerprint density at radius 1 is 1.19 bits per heavy atom. The zero-order valence-corrected chi connectivity index (χ0v) is 14.6. The SMILES string of the molecule is COc1ccc2ccccc2c1CNCC1CCCO1.O=C(O)C(=O)O. The Labute approximate surface area is 151 Å². The van der Waals surface area contributed by atoms with Crippen LogP contribution in [0.2, 0.25) is 0 Å². The third kappa shape index (κ3) is 5.44. The Morgan fingerprint density at radius 3 is 2.54 bits per heavy atom. The average molecular weight is 361 g/mol. The van der Waals surface area contributed by atoms with E-state index in [4.69, 9.17) is 29.3 Å². The number of fused-ring (bicyclic) bond motifs is 1. The van der Waals surface area contributed by atoms with Crippen molar-refractivity contribution in [2.24, 2.45) is 0 Å². The predicted octanol–water partition coefficient (Wildman–Crippen LogP) is 2.27. The fourth-order valence-electron chi connectivity index (χ4n) is 2.85. The van der Waals surface area contributed by atoms with Gasteiger partial charge >= 0.3 is 11.9 Å². The summed E-state index contributed by atoms with van der Waals surface area (Å²) < 4.78 is 11.1. The second-order valence-electron chi connectivity index (χ2n) is 5.84. The number of methoxy groups -OCH3 is 1. The van der Waals surface area contributed by atoms with Crippen LogP contribution in [0, 0.1) is 0 Å². The van der Waals surface area contributed by atoms with E-state index in [0.29, 0.717) is 6.10 Å². The molecule has 2 aromatic carbocycles. The van der Waals surface area contributed by atoms with Crippen LogP contribution in [0.15, 0.2) is 36.4 Å². The Balaban J connectivity index is 0.000000352. The first-order chi connectivity index (χ1) is 12.5. The van der Waals surface area contributed by atoms with Gasteiger partial charge in [0.25, 0.3) is 0 Å². The van der Waals surface area contributed by atoms with Gasteiger partial charge in [0.2, 0.25) is 0 Å². The predicted molar refractivity (Wildman–Crippen MR) is 96.5 cm³/mol. The Bertz CT molecular complexity index is 743. The van der Waals surface area contributed by atoms with E-state index in [9.17, 15) is 0 Å². The number of nitrogens with one attached hydrogen (secondary N) is 1. The lowest BCUT2D eigenvalue weighted by atomic mass is 10.0. The van der Waals surface area contributed by atoms with Crippen LogP contribution in [0.25, 0.3) is 10.8 Å². The lowest BCUT2D eigenvalue weighted by Crippen LogP contribution is -2.26. The third-order valence-corrected chi connectivity index (χ3v) is 4.10. The van der Waals surface area contributed by atoms with E-state index >= 15 is 0 Å². The average Bonchev–Trinajstić information content (AvgIpc) is 3.15. The molecule has 1 aliphatic rings. The summed E-state index contributed by atoms with van der Waals surface area (Å²) in [5.41, 5.74) is 1.23. The minimum atomic E-state index is -1.82. The Morgan fingerprint density at radius 2 is 1.92 bits per heavy atom. The molecular formula is C19H23NO6. The van der Waals surface area contributed by atoms with Crippen molar-refractivity contribution < 1.29 is 29.3 Å². The molecule has 0 saturated carbocycles. The van der Waals surface area contributed by atoms with Crippen LogP contribution in [-0.4, -0.2) is 48.5 Å². The lowest BCUT2D eigenvalue weighted by molar-refractivity contribution is -0.159. The monoisotopic (exact) mass is 361 g/mol. The normalized spacial score (nSPS) is 16.0. The molecule has 1 atom stereocenters. The largest absolute Gasteiger partial charge is 0.496 e. The fraction of sp³-hybridized carbons (Fsp3) is 0.368. The zero-order chi connectivity index (χ0) is 18.9. The molecule has 1 fully saturated rings. The molecule has 0 aliphatic carbocycles. The van der Waals surface area contributed by atoms with Crippen LogP contribution in [-0.2, 0) is 20.9 Å². The first-order valence-electron chi connectivity index (χ1n) is 8.36. The molecule has 0 bridgehead atoms. The Hall–Kier alpha value is -2.64. The van der Waals surface area contributed by atoms with Gasteiger partial charge in [-0.25, -0.2) is 9.59 Å². The molecule has 1 saturated heterocycles.